The summed E-state index contributed by atoms with van der Waals surface area (Å²) in [6, 6.07) is 4.85. The van der Waals surface area contributed by atoms with Gasteiger partial charge in [-0.3, -0.25) is 4.98 Å². The molecule has 0 radical (unpaired) electrons. The summed E-state index contributed by atoms with van der Waals surface area (Å²) < 4.78 is 0. The predicted molar refractivity (Wildman–Crippen MR) is 83.6 cm³/mol. The van der Waals surface area contributed by atoms with E-state index in [-0.39, 0.29) is 0 Å². The minimum Gasteiger partial charge on any atom is -0.369 e. The molecule has 0 saturated heterocycles. The second-order valence-corrected chi connectivity index (χ2v) is 5.82. The van der Waals surface area contributed by atoms with Gasteiger partial charge in [-0.25, -0.2) is 0 Å². The standard InChI is InChI=1S/C16H29N3/c1-6-8-17-11-15-10-16(7-9-18-15)19(14(4)5)12-13(2)3/h7,9-10,13-14,17H,6,8,11-12H2,1-5H3. The third kappa shape index (κ3) is 5.60. The number of aromatic nitrogens is 1. The molecule has 1 rings (SSSR count). The number of anilines is 1. The molecule has 1 aromatic heterocycles. The molecule has 0 aromatic carbocycles. The Morgan fingerprint density at radius 3 is 2.58 bits per heavy atom. The van der Waals surface area contributed by atoms with Gasteiger partial charge in [0.15, 0.2) is 0 Å². The van der Waals surface area contributed by atoms with Gasteiger partial charge in [0.1, 0.15) is 0 Å². The molecular formula is C16H29N3. The smallest absolute Gasteiger partial charge is 0.0562 e. The van der Waals surface area contributed by atoms with Crippen molar-refractivity contribution >= 4 is 5.69 Å². The van der Waals surface area contributed by atoms with Crippen LogP contribution in [-0.2, 0) is 6.54 Å². The second kappa shape index (κ2) is 8.16. The first-order valence-electron chi connectivity index (χ1n) is 7.46. The van der Waals surface area contributed by atoms with Crippen molar-refractivity contribution in [1.29, 1.82) is 0 Å². The number of hydrogen-bond donors (Lipinski definition) is 1. The van der Waals surface area contributed by atoms with E-state index in [1.807, 2.05) is 6.20 Å². The first-order valence-corrected chi connectivity index (χ1v) is 7.46. The quantitative estimate of drug-likeness (QED) is 0.728. The predicted octanol–water partition coefficient (Wildman–Crippen LogP) is 3.45. The lowest BCUT2D eigenvalue weighted by molar-refractivity contribution is 0.570. The molecule has 0 aliphatic carbocycles. The van der Waals surface area contributed by atoms with E-state index >= 15 is 0 Å². The molecule has 1 heterocycles. The van der Waals surface area contributed by atoms with Crippen LogP contribution in [0.25, 0.3) is 0 Å². The Hall–Kier alpha value is -1.09. The van der Waals surface area contributed by atoms with Crippen molar-refractivity contribution < 1.29 is 0 Å². The summed E-state index contributed by atoms with van der Waals surface area (Å²) in [5.74, 6) is 0.664. The molecule has 19 heavy (non-hydrogen) atoms. The maximum Gasteiger partial charge on any atom is 0.0562 e. The lowest BCUT2D eigenvalue weighted by Gasteiger charge is -2.31. The van der Waals surface area contributed by atoms with Crippen LogP contribution in [0.15, 0.2) is 18.3 Å². The van der Waals surface area contributed by atoms with Gasteiger partial charge in [0.2, 0.25) is 0 Å². The summed E-state index contributed by atoms with van der Waals surface area (Å²) in [6.07, 6.45) is 3.08. The highest BCUT2D eigenvalue weighted by Crippen LogP contribution is 2.19. The number of pyridine rings is 1. The fourth-order valence-corrected chi connectivity index (χ4v) is 2.14. The van der Waals surface area contributed by atoms with Crippen LogP contribution in [0.3, 0.4) is 0 Å². The van der Waals surface area contributed by atoms with Gasteiger partial charge in [0.25, 0.3) is 0 Å². The van der Waals surface area contributed by atoms with Crippen LogP contribution in [0.5, 0.6) is 0 Å². The molecule has 3 heteroatoms. The highest BCUT2D eigenvalue weighted by atomic mass is 15.2. The molecule has 0 spiro atoms. The average Bonchev–Trinajstić information content (AvgIpc) is 2.36. The molecule has 0 saturated carbocycles. The van der Waals surface area contributed by atoms with Gasteiger partial charge in [-0.15, -0.1) is 0 Å². The Morgan fingerprint density at radius 1 is 1.26 bits per heavy atom. The molecule has 1 N–H and O–H groups in total. The minimum absolute atomic E-state index is 0.515. The SMILES string of the molecule is CCCNCc1cc(N(CC(C)C)C(C)C)ccn1. The van der Waals surface area contributed by atoms with E-state index in [9.17, 15) is 0 Å². The molecule has 3 nitrogen and oxygen atoms in total. The van der Waals surface area contributed by atoms with Crippen LogP contribution in [0.1, 0.15) is 46.7 Å². The number of hydrogen-bond acceptors (Lipinski definition) is 3. The zero-order valence-electron chi connectivity index (χ0n) is 13.1. The van der Waals surface area contributed by atoms with Crippen LogP contribution < -0.4 is 10.2 Å². The molecule has 0 amide bonds. The first kappa shape index (κ1) is 16.0. The molecule has 108 valence electrons. The van der Waals surface area contributed by atoms with Gasteiger partial charge in [0, 0.05) is 31.0 Å². The van der Waals surface area contributed by atoms with E-state index in [0.717, 1.165) is 31.7 Å². The van der Waals surface area contributed by atoms with Gasteiger partial charge in [-0.05, 0) is 44.9 Å². The van der Waals surface area contributed by atoms with Gasteiger partial charge >= 0.3 is 0 Å². The molecule has 0 aliphatic rings. The summed E-state index contributed by atoms with van der Waals surface area (Å²) in [5, 5.41) is 3.41. The summed E-state index contributed by atoms with van der Waals surface area (Å²) >= 11 is 0. The van der Waals surface area contributed by atoms with E-state index in [4.69, 9.17) is 0 Å². The Kier molecular flexibility index (Phi) is 6.85. The Bertz CT molecular complexity index is 361. The Labute approximate surface area is 118 Å². The lowest BCUT2D eigenvalue weighted by Crippen LogP contribution is -2.34. The lowest BCUT2D eigenvalue weighted by atomic mass is 10.1. The van der Waals surface area contributed by atoms with Gasteiger partial charge in [0.05, 0.1) is 5.69 Å². The van der Waals surface area contributed by atoms with Crippen molar-refractivity contribution in [3.63, 3.8) is 0 Å². The van der Waals surface area contributed by atoms with E-state index in [1.54, 1.807) is 0 Å². The molecule has 0 atom stereocenters. The highest BCUT2D eigenvalue weighted by molar-refractivity contribution is 5.47. The normalized spacial score (nSPS) is 11.3. The molecule has 1 aromatic rings. The summed E-state index contributed by atoms with van der Waals surface area (Å²) in [5.41, 5.74) is 2.41. The van der Waals surface area contributed by atoms with E-state index in [1.165, 1.54) is 5.69 Å². The third-order valence-electron chi connectivity index (χ3n) is 3.05. The zero-order chi connectivity index (χ0) is 14.3. The summed E-state index contributed by atoms with van der Waals surface area (Å²) in [4.78, 5) is 6.90. The summed E-state index contributed by atoms with van der Waals surface area (Å²) in [7, 11) is 0. The molecule has 0 fully saturated rings. The number of rotatable bonds is 8. The monoisotopic (exact) mass is 263 g/mol. The fourth-order valence-electron chi connectivity index (χ4n) is 2.14. The van der Waals surface area contributed by atoms with Crippen molar-refractivity contribution in [2.45, 2.75) is 53.6 Å². The van der Waals surface area contributed by atoms with E-state index in [0.29, 0.717) is 12.0 Å². The van der Waals surface area contributed by atoms with Crippen molar-refractivity contribution in [3.05, 3.63) is 24.0 Å². The second-order valence-electron chi connectivity index (χ2n) is 5.82. The van der Waals surface area contributed by atoms with E-state index < -0.39 is 0 Å². The minimum atomic E-state index is 0.515. The topological polar surface area (TPSA) is 28.2 Å². The van der Waals surface area contributed by atoms with Crippen molar-refractivity contribution in [3.8, 4) is 0 Å². The van der Waals surface area contributed by atoms with Crippen LogP contribution >= 0.6 is 0 Å². The Balaban J connectivity index is 2.76. The highest BCUT2D eigenvalue weighted by Gasteiger charge is 2.12. The molecule has 0 unspecified atom stereocenters. The molecular weight excluding hydrogens is 234 g/mol. The third-order valence-corrected chi connectivity index (χ3v) is 3.05. The van der Waals surface area contributed by atoms with Gasteiger partial charge in [-0.2, -0.15) is 0 Å². The Morgan fingerprint density at radius 2 is 2.00 bits per heavy atom. The van der Waals surface area contributed by atoms with E-state index in [2.05, 4.69) is 62.0 Å². The maximum absolute atomic E-state index is 4.44. The maximum atomic E-state index is 4.44. The largest absolute Gasteiger partial charge is 0.369 e. The van der Waals surface area contributed by atoms with Crippen molar-refractivity contribution in [1.82, 2.24) is 10.3 Å². The van der Waals surface area contributed by atoms with Gasteiger partial charge in [-0.1, -0.05) is 20.8 Å². The van der Waals surface area contributed by atoms with Crippen molar-refractivity contribution in [2.75, 3.05) is 18.0 Å². The number of nitrogens with one attached hydrogen (secondary N) is 1. The first-order chi connectivity index (χ1) is 9.04. The van der Waals surface area contributed by atoms with Crippen LogP contribution in [0.4, 0.5) is 5.69 Å². The number of nitrogens with zero attached hydrogens (tertiary/aromatic N) is 2. The van der Waals surface area contributed by atoms with Crippen molar-refractivity contribution in [2.24, 2.45) is 5.92 Å². The summed E-state index contributed by atoms with van der Waals surface area (Å²) in [6.45, 7) is 14.2. The van der Waals surface area contributed by atoms with Gasteiger partial charge < -0.3 is 10.2 Å². The van der Waals surface area contributed by atoms with Crippen LogP contribution in [0.2, 0.25) is 0 Å². The zero-order valence-corrected chi connectivity index (χ0v) is 13.1. The molecule has 0 aliphatic heterocycles. The van der Waals surface area contributed by atoms with Crippen LogP contribution in [0, 0.1) is 5.92 Å². The fraction of sp³-hybridized carbons (Fsp3) is 0.688. The molecule has 0 bridgehead atoms. The average molecular weight is 263 g/mol. The van der Waals surface area contributed by atoms with Crippen LogP contribution in [-0.4, -0.2) is 24.1 Å².